The summed E-state index contributed by atoms with van der Waals surface area (Å²) in [6.07, 6.45) is 4.49. The molecule has 98 valence electrons. The summed E-state index contributed by atoms with van der Waals surface area (Å²) in [7, 11) is 1.67. The van der Waals surface area contributed by atoms with Gasteiger partial charge in [-0.3, -0.25) is 4.79 Å². The first-order chi connectivity index (χ1) is 8.60. The van der Waals surface area contributed by atoms with Crippen LogP contribution in [0.15, 0.2) is 6.20 Å². The Bertz CT molecular complexity index is 448. The Morgan fingerprint density at radius 2 is 2.44 bits per heavy atom. The summed E-state index contributed by atoms with van der Waals surface area (Å²) in [6, 6.07) is 0. The Morgan fingerprint density at radius 1 is 1.67 bits per heavy atom. The molecule has 0 radical (unpaired) electrons. The lowest BCUT2D eigenvalue weighted by Crippen LogP contribution is -2.24. The molecule has 18 heavy (non-hydrogen) atoms. The molecule has 2 unspecified atom stereocenters. The molecule has 5 heteroatoms. The van der Waals surface area contributed by atoms with Gasteiger partial charge in [-0.05, 0) is 31.7 Å². The monoisotopic (exact) mass is 250 g/mol. The molecular formula is C13H18N2O3. The lowest BCUT2D eigenvalue weighted by atomic mass is 9.87. The topological polar surface area (TPSA) is 72.3 Å². The SMILES string of the molecule is COC(C)Cc1ncc2c(n1)CCC(C(=O)O)C2. The fourth-order valence-corrected chi connectivity index (χ4v) is 2.20. The third-order valence-electron chi connectivity index (χ3n) is 3.42. The van der Waals surface area contributed by atoms with Gasteiger partial charge < -0.3 is 9.84 Å². The van der Waals surface area contributed by atoms with Gasteiger partial charge in [0.25, 0.3) is 0 Å². The van der Waals surface area contributed by atoms with Gasteiger partial charge in [-0.15, -0.1) is 0 Å². The summed E-state index contributed by atoms with van der Waals surface area (Å²) in [6.45, 7) is 1.98. The fraction of sp³-hybridized carbons (Fsp3) is 0.615. The number of methoxy groups -OCH3 is 1. The smallest absolute Gasteiger partial charge is 0.306 e. The van der Waals surface area contributed by atoms with E-state index in [0.717, 1.165) is 23.5 Å². The van der Waals surface area contributed by atoms with Crippen LogP contribution in [-0.4, -0.2) is 34.3 Å². The minimum atomic E-state index is -0.724. The number of carboxylic acid groups (broad SMARTS) is 1. The molecule has 0 saturated carbocycles. The van der Waals surface area contributed by atoms with Crippen molar-refractivity contribution in [2.45, 2.75) is 38.7 Å². The molecule has 0 aromatic carbocycles. The summed E-state index contributed by atoms with van der Waals surface area (Å²) in [5.74, 6) is -0.237. The van der Waals surface area contributed by atoms with Crippen molar-refractivity contribution in [2.24, 2.45) is 5.92 Å². The summed E-state index contributed by atoms with van der Waals surface area (Å²) < 4.78 is 5.19. The molecule has 0 aliphatic heterocycles. The average molecular weight is 250 g/mol. The Kier molecular flexibility index (Phi) is 3.91. The maximum atomic E-state index is 11.0. The molecule has 1 aromatic heterocycles. The summed E-state index contributed by atoms with van der Waals surface area (Å²) >= 11 is 0. The van der Waals surface area contributed by atoms with Gasteiger partial charge in [-0.2, -0.15) is 0 Å². The van der Waals surface area contributed by atoms with Gasteiger partial charge in [-0.25, -0.2) is 9.97 Å². The van der Waals surface area contributed by atoms with Crippen molar-refractivity contribution in [3.8, 4) is 0 Å². The molecular weight excluding hydrogens is 232 g/mol. The van der Waals surface area contributed by atoms with Crippen molar-refractivity contribution >= 4 is 5.97 Å². The number of aliphatic carboxylic acids is 1. The van der Waals surface area contributed by atoms with E-state index in [1.54, 1.807) is 13.3 Å². The lowest BCUT2D eigenvalue weighted by Gasteiger charge is -2.21. The van der Waals surface area contributed by atoms with E-state index in [9.17, 15) is 4.79 Å². The number of hydrogen-bond acceptors (Lipinski definition) is 4. The number of carbonyl (C=O) groups is 1. The van der Waals surface area contributed by atoms with Crippen LogP contribution in [0.25, 0.3) is 0 Å². The van der Waals surface area contributed by atoms with E-state index in [-0.39, 0.29) is 12.0 Å². The molecule has 1 heterocycles. The van der Waals surface area contributed by atoms with Crippen LogP contribution in [0.4, 0.5) is 0 Å². The lowest BCUT2D eigenvalue weighted by molar-refractivity contribution is -0.142. The first-order valence-electron chi connectivity index (χ1n) is 6.19. The summed E-state index contributed by atoms with van der Waals surface area (Å²) in [4.78, 5) is 19.8. The molecule has 2 rings (SSSR count). The molecule has 5 nitrogen and oxygen atoms in total. The molecule has 0 saturated heterocycles. The number of carboxylic acids is 1. The first-order valence-corrected chi connectivity index (χ1v) is 6.19. The largest absolute Gasteiger partial charge is 0.481 e. The van der Waals surface area contributed by atoms with E-state index in [1.807, 2.05) is 6.92 Å². The second kappa shape index (κ2) is 5.44. The van der Waals surface area contributed by atoms with Crippen LogP contribution in [0.1, 0.15) is 30.4 Å². The molecule has 1 aromatic rings. The number of nitrogens with zero attached hydrogens (tertiary/aromatic N) is 2. The molecule has 0 fully saturated rings. The number of hydrogen-bond donors (Lipinski definition) is 1. The van der Waals surface area contributed by atoms with Gasteiger partial charge in [0.15, 0.2) is 0 Å². The average Bonchev–Trinajstić information content (AvgIpc) is 2.37. The molecule has 0 bridgehead atoms. The molecule has 0 amide bonds. The van der Waals surface area contributed by atoms with Gasteiger partial charge in [-0.1, -0.05) is 0 Å². The zero-order valence-electron chi connectivity index (χ0n) is 10.7. The van der Waals surface area contributed by atoms with Gasteiger partial charge in [0.05, 0.1) is 12.0 Å². The van der Waals surface area contributed by atoms with Crippen LogP contribution in [0.3, 0.4) is 0 Å². The van der Waals surface area contributed by atoms with Crippen LogP contribution in [0, 0.1) is 5.92 Å². The van der Waals surface area contributed by atoms with E-state index < -0.39 is 5.97 Å². The Hall–Kier alpha value is -1.49. The number of rotatable bonds is 4. The van der Waals surface area contributed by atoms with Crippen LogP contribution >= 0.6 is 0 Å². The highest BCUT2D eigenvalue weighted by atomic mass is 16.5. The fourth-order valence-electron chi connectivity index (χ4n) is 2.20. The Labute approximate surface area is 106 Å². The summed E-state index contributed by atoms with van der Waals surface area (Å²) in [5, 5.41) is 9.01. The number of aromatic nitrogens is 2. The minimum Gasteiger partial charge on any atom is -0.481 e. The molecule has 0 spiro atoms. The van der Waals surface area contributed by atoms with Crippen molar-refractivity contribution in [1.82, 2.24) is 9.97 Å². The molecule has 1 aliphatic rings. The van der Waals surface area contributed by atoms with Gasteiger partial charge in [0.2, 0.25) is 0 Å². The highest BCUT2D eigenvalue weighted by Gasteiger charge is 2.25. The van der Waals surface area contributed by atoms with Crippen LogP contribution < -0.4 is 0 Å². The zero-order chi connectivity index (χ0) is 13.1. The van der Waals surface area contributed by atoms with E-state index in [1.165, 1.54) is 0 Å². The highest BCUT2D eigenvalue weighted by Crippen LogP contribution is 2.24. The molecule has 1 N–H and O–H groups in total. The third kappa shape index (κ3) is 2.85. The van der Waals surface area contributed by atoms with Crippen LogP contribution in [-0.2, 0) is 28.8 Å². The third-order valence-corrected chi connectivity index (χ3v) is 3.42. The number of aryl methyl sites for hydroxylation is 1. The highest BCUT2D eigenvalue weighted by molar-refractivity contribution is 5.70. The normalized spacial score (nSPS) is 20.2. The van der Waals surface area contributed by atoms with Crippen molar-refractivity contribution in [1.29, 1.82) is 0 Å². The predicted octanol–water partition coefficient (Wildman–Crippen LogP) is 1.24. The van der Waals surface area contributed by atoms with Crippen molar-refractivity contribution in [3.63, 3.8) is 0 Å². The van der Waals surface area contributed by atoms with E-state index in [4.69, 9.17) is 9.84 Å². The standard InChI is InChI=1S/C13H18N2O3/c1-8(18-2)5-12-14-7-10-6-9(13(16)17)3-4-11(10)15-12/h7-9H,3-6H2,1-2H3,(H,16,17). The quantitative estimate of drug-likeness (QED) is 0.870. The molecule has 1 aliphatic carbocycles. The number of ether oxygens (including phenoxy) is 1. The number of fused-ring (bicyclic) bond motifs is 1. The van der Waals surface area contributed by atoms with Crippen LogP contribution in [0.2, 0.25) is 0 Å². The van der Waals surface area contributed by atoms with Crippen molar-refractivity contribution in [3.05, 3.63) is 23.3 Å². The Morgan fingerprint density at radius 3 is 3.11 bits per heavy atom. The minimum absolute atomic E-state index is 0.0957. The van der Waals surface area contributed by atoms with Gasteiger partial charge in [0, 0.05) is 25.4 Å². The van der Waals surface area contributed by atoms with Gasteiger partial charge >= 0.3 is 5.97 Å². The first kappa shape index (κ1) is 13.0. The van der Waals surface area contributed by atoms with E-state index in [2.05, 4.69) is 9.97 Å². The second-order valence-electron chi connectivity index (χ2n) is 4.79. The van der Waals surface area contributed by atoms with E-state index >= 15 is 0 Å². The van der Waals surface area contributed by atoms with E-state index in [0.29, 0.717) is 19.3 Å². The van der Waals surface area contributed by atoms with Crippen molar-refractivity contribution in [2.75, 3.05) is 7.11 Å². The second-order valence-corrected chi connectivity index (χ2v) is 4.79. The predicted molar refractivity (Wildman–Crippen MR) is 65.4 cm³/mol. The Balaban J connectivity index is 2.12. The molecule has 2 atom stereocenters. The maximum Gasteiger partial charge on any atom is 0.306 e. The summed E-state index contributed by atoms with van der Waals surface area (Å²) in [5.41, 5.74) is 1.98. The maximum absolute atomic E-state index is 11.0. The van der Waals surface area contributed by atoms with Crippen molar-refractivity contribution < 1.29 is 14.6 Å². The zero-order valence-corrected chi connectivity index (χ0v) is 10.7. The van der Waals surface area contributed by atoms with Crippen LogP contribution in [0.5, 0.6) is 0 Å². The van der Waals surface area contributed by atoms with Gasteiger partial charge in [0.1, 0.15) is 5.82 Å².